The summed E-state index contributed by atoms with van der Waals surface area (Å²) in [5.74, 6) is 0.0584. The Morgan fingerprint density at radius 3 is 3.11 bits per heavy atom. The average Bonchev–Trinajstić information content (AvgIpc) is 3.16. The number of carbonyl (C=O) groups is 1. The van der Waals surface area contributed by atoms with Crippen molar-refractivity contribution in [2.24, 2.45) is 0 Å². The van der Waals surface area contributed by atoms with Gasteiger partial charge in [0.25, 0.3) is 5.91 Å². The van der Waals surface area contributed by atoms with Gasteiger partial charge >= 0.3 is 0 Å². The number of amides is 1. The molecule has 0 aromatic carbocycles. The largest absolute Gasteiger partial charge is 0.329 e. The molecule has 100 valence electrons. The molecule has 0 unspecified atom stereocenters. The van der Waals surface area contributed by atoms with E-state index in [1.165, 1.54) is 4.88 Å². The van der Waals surface area contributed by atoms with Crippen LogP contribution >= 0.6 is 11.3 Å². The van der Waals surface area contributed by atoms with Crippen molar-refractivity contribution in [1.29, 1.82) is 0 Å². The van der Waals surface area contributed by atoms with Crippen LogP contribution in [0.3, 0.4) is 0 Å². The summed E-state index contributed by atoms with van der Waals surface area (Å²) in [5, 5.41) is 6.39. The van der Waals surface area contributed by atoms with E-state index in [-0.39, 0.29) is 11.9 Å². The Balaban J connectivity index is 1.82. The highest BCUT2D eigenvalue weighted by atomic mass is 32.1. The minimum absolute atomic E-state index is 0.0584. The van der Waals surface area contributed by atoms with Crippen molar-refractivity contribution >= 4 is 17.2 Å². The molecule has 1 fully saturated rings. The fourth-order valence-electron chi connectivity index (χ4n) is 2.59. The second-order valence-electron chi connectivity index (χ2n) is 4.73. The highest BCUT2D eigenvalue weighted by molar-refractivity contribution is 7.10. The minimum Gasteiger partial charge on any atom is -0.329 e. The molecule has 1 atom stereocenters. The van der Waals surface area contributed by atoms with Crippen LogP contribution in [0.25, 0.3) is 0 Å². The summed E-state index contributed by atoms with van der Waals surface area (Å²) >= 11 is 1.73. The van der Waals surface area contributed by atoms with Gasteiger partial charge in [0.2, 0.25) is 0 Å². The third-order valence-corrected chi connectivity index (χ3v) is 4.54. The number of aromatic nitrogens is 2. The van der Waals surface area contributed by atoms with Crippen molar-refractivity contribution in [3.8, 4) is 0 Å². The zero-order valence-electron chi connectivity index (χ0n) is 11.0. The van der Waals surface area contributed by atoms with E-state index in [0.29, 0.717) is 5.69 Å². The molecular formula is C14H17N3OS. The van der Waals surface area contributed by atoms with Gasteiger partial charge in [-0.15, -0.1) is 11.3 Å². The first-order valence-corrected chi connectivity index (χ1v) is 7.55. The van der Waals surface area contributed by atoms with Crippen molar-refractivity contribution in [1.82, 2.24) is 14.7 Å². The third-order valence-electron chi connectivity index (χ3n) is 3.57. The minimum atomic E-state index is 0.0584. The van der Waals surface area contributed by atoms with E-state index in [9.17, 15) is 4.79 Å². The summed E-state index contributed by atoms with van der Waals surface area (Å²) in [6.07, 6.45) is 3.99. The number of hydrogen-bond acceptors (Lipinski definition) is 3. The molecule has 2 aromatic heterocycles. The summed E-state index contributed by atoms with van der Waals surface area (Å²) in [6, 6.07) is 6.22. The van der Waals surface area contributed by atoms with Crippen LogP contribution < -0.4 is 0 Å². The van der Waals surface area contributed by atoms with Gasteiger partial charge in [0.05, 0.1) is 6.04 Å². The molecule has 2 aromatic rings. The highest BCUT2D eigenvalue weighted by Crippen LogP contribution is 2.35. The zero-order chi connectivity index (χ0) is 13.2. The number of carbonyl (C=O) groups excluding carboxylic acids is 1. The lowest BCUT2D eigenvalue weighted by atomic mass is 10.2. The standard InChI is InChI=1S/C14H17N3OS/c1-2-16-9-7-11(15-16)14(18)17-8-3-5-12(17)13-6-4-10-19-13/h4,6-7,9-10,12H,2-3,5,8H2,1H3/t12-/m1/s1. The number of hydrogen-bond donors (Lipinski definition) is 0. The third kappa shape index (κ3) is 2.30. The van der Waals surface area contributed by atoms with Gasteiger partial charge in [-0.25, -0.2) is 0 Å². The van der Waals surface area contributed by atoms with Crippen LogP contribution in [0.4, 0.5) is 0 Å². The summed E-state index contributed by atoms with van der Waals surface area (Å²) in [6.45, 7) is 3.65. The molecule has 4 nitrogen and oxygen atoms in total. The molecule has 5 heteroatoms. The highest BCUT2D eigenvalue weighted by Gasteiger charge is 2.32. The molecular weight excluding hydrogens is 258 g/mol. The lowest BCUT2D eigenvalue weighted by Crippen LogP contribution is -2.30. The van der Waals surface area contributed by atoms with Crippen LogP contribution in [0.1, 0.15) is 41.2 Å². The molecule has 0 bridgehead atoms. The van der Waals surface area contributed by atoms with Crippen molar-refractivity contribution in [2.75, 3.05) is 6.54 Å². The maximum Gasteiger partial charge on any atom is 0.274 e. The van der Waals surface area contributed by atoms with Crippen LogP contribution in [0.5, 0.6) is 0 Å². The van der Waals surface area contributed by atoms with Crippen LogP contribution in [0, 0.1) is 0 Å². The molecule has 1 aliphatic rings. The maximum absolute atomic E-state index is 12.5. The Kier molecular flexibility index (Phi) is 3.38. The van der Waals surface area contributed by atoms with E-state index >= 15 is 0 Å². The molecule has 0 saturated carbocycles. The predicted molar refractivity (Wildman–Crippen MR) is 75.2 cm³/mol. The molecule has 0 spiro atoms. The number of aryl methyl sites for hydroxylation is 1. The topological polar surface area (TPSA) is 38.1 Å². The van der Waals surface area contributed by atoms with Crippen LogP contribution in [0.15, 0.2) is 29.8 Å². The summed E-state index contributed by atoms with van der Waals surface area (Å²) < 4.78 is 1.80. The van der Waals surface area contributed by atoms with Crippen molar-refractivity contribution in [3.05, 3.63) is 40.3 Å². The van der Waals surface area contributed by atoms with Gasteiger partial charge < -0.3 is 4.90 Å². The Morgan fingerprint density at radius 1 is 1.53 bits per heavy atom. The van der Waals surface area contributed by atoms with Crippen molar-refractivity contribution in [2.45, 2.75) is 32.4 Å². The Hall–Kier alpha value is -1.62. The molecule has 0 N–H and O–H groups in total. The molecule has 1 saturated heterocycles. The summed E-state index contributed by atoms with van der Waals surface area (Å²) in [5.41, 5.74) is 0.560. The number of nitrogens with zero attached hydrogens (tertiary/aromatic N) is 3. The molecule has 0 radical (unpaired) electrons. The Bertz CT molecular complexity index is 561. The number of likely N-dealkylation sites (tertiary alicyclic amines) is 1. The van der Waals surface area contributed by atoms with Gasteiger partial charge in [-0.1, -0.05) is 6.07 Å². The molecule has 3 heterocycles. The molecule has 19 heavy (non-hydrogen) atoms. The Labute approximate surface area is 116 Å². The fourth-order valence-corrected chi connectivity index (χ4v) is 3.46. The smallest absolute Gasteiger partial charge is 0.274 e. The summed E-state index contributed by atoms with van der Waals surface area (Å²) in [7, 11) is 0. The first-order chi connectivity index (χ1) is 9.29. The normalized spacial score (nSPS) is 19.0. The van der Waals surface area contributed by atoms with E-state index in [2.05, 4.69) is 16.5 Å². The predicted octanol–water partition coefficient (Wildman–Crippen LogP) is 2.94. The van der Waals surface area contributed by atoms with Gasteiger partial charge in [0, 0.05) is 24.2 Å². The van der Waals surface area contributed by atoms with Crippen LogP contribution in [0.2, 0.25) is 0 Å². The quantitative estimate of drug-likeness (QED) is 0.863. The van der Waals surface area contributed by atoms with Crippen molar-refractivity contribution in [3.63, 3.8) is 0 Å². The fraction of sp³-hybridized carbons (Fsp3) is 0.429. The lowest BCUT2D eigenvalue weighted by molar-refractivity contribution is 0.0731. The van der Waals surface area contributed by atoms with E-state index in [4.69, 9.17) is 0 Å². The summed E-state index contributed by atoms with van der Waals surface area (Å²) in [4.78, 5) is 15.8. The van der Waals surface area contributed by atoms with Gasteiger partial charge in [0.1, 0.15) is 5.69 Å². The van der Waals surface area contributed by atoms with Gasteiger partial charge in [0.15, 0.2) is 0 Å². The van der Waals surface area contributed by atoms with Gasteiger partial charge in [-0.05, 0) is 37.3 Å². The number of rotatable bonds is 3. The maximum atomic E-state index is 12.5. The second kappa shape index (κ2) is 5.17. The molecule has 1 amide bonds. The van der Waals surface area contributed by atoms with Gasteiger partial charge in [-0.3, -0.25) is 9.48 Å². The second-order valence-corrected chi connectivity index (χ2v) is 5.71. The van der Waals surface area contributed by atoms with E-state index in [1.54, 1.807) is 16.0 Å². The van der Waals surface area contributed by atoms with E-state index < -0.39 is 0 Å². The lowest BCUT2D eigenvalue weighted by Gasteiger charge is -2.22. The SMILES string of the molecule is CCn1ccc(C(=O)N2CCC[C@@H]2c2cccs2)n1. The van der Waals surface area contributed by atoms with E-state index in [0.717, 1.165) is 25.9 Å². The Morgan fingerprint density at radius 2 is 2.42 bits per heavy atom. The van der Waals surface area contributed by atoms with Gasteiger partial charge in [-0.2, -0.15) is 5.10 Å². The molecule has 3 rings (SSSR count). The van der Waals surface area contributed by atoms with Crippen LogP contribution in [-0.4, -0.2) is 27.1 Å². The molecule has 1 aliphatic heterocycles. The first kappa shape index (κ1) is 12.4. The zero-order valence-corrected chi connectivity index (χ0v) is 11.8. The van der Waals surface area contributed by atoms with Crippen molar-refractivity contribution < 1.29 is 4.79 Å². The van der Waals surface area contributed by atoms with E-state index in [1.807, 2.05) is 30.2 Å². The first-order valence-electron chi connectivity index (χ1n) is 6.67. The average molecular weight is 275 g/mol. The van der Waals surface area contributed by atoms with Crippen LogP contribution in [-0.2, 0) is 6.54 Å². The number of thiophene rings is 1. The monoisotopic (exact) mass is 275 g/mol. The molecule has 0 aliphatic carbocycles.